The number of para-hydroxylation sites is 1. The number of hydrogen-bond acceptors (Lipinski definition) is 3. The Morgan fingerprint density at radius 2 is 1.66 bits per heavy atom. The van der Waals surface area contributed by atoms with Crippen molar-refractivity contribution in [1.82, 2.24) is 5.01 Å². The Balaban J connectivity index is 1.55. The lowest BCUT2D eigenvalue weighted by atomic mass is 9.95. The van der Waals surface area contributed by atoms with Crippen LogP contribution in [0.25, 0.3) is 0 Å². The highest BCUT2D eigenvalue weighted by atomic mass is 16.5. The third-order valence-electron chi connectivity index (χ3n) is 5.97. The molecule has 0 N–H and O–H groups in total. The molecule has 0 fully saturated rings. The zero-order valence-corrected chi connectivity index (χ0v) is 17.2. The van der Waals surface area contributed by atoms with Crippen molar-refractivity contribution in [2.75, 3.05) is 0 Å². The van der Waals surface area contributed by atoms with Crippen molar-refractivity contribution in [3.8, 4) is 5.75 Å². The first-order valence-electron chi connectivity index (χ1n) is 10.4. The average Bonchev–Trinajstić information content (AvgIpc) is 3.19. The molecular formula is C26H26N2O. The van der Waals surface area contributed by atoms with Crippen molar-refractivity contribution in [2.24, 2.45) is 5.10 Å². The lowest BCUT2D eigenvalue weighted by molar-refractivity contribution is -0.0190. The zero-order chi connectivity index (χ0) is 20.0. The topological polar surface area (TPSA) is 24.8 Å². The van der Waals surface area contributed by atoms with Gasteiger partial charge in [0.05, 0.1) is 11.8 Å². The van der Waals surface area contributed by atoms with Gasteiger partial charge in [-0.2, -0.15) is 5.10 Å². The van der Waals surface area contributed by atoms with Gasteiger partial charge in [-0.1, -0.05) is 86.1 Å². The minimum absolute atomic E-state index is 0.200. The van der Waals surface area contributed by atoms with E-state index < -0.39 is 0 Å². The van der Waals surface area contributed by atoms with Crippen LogP contribution in [-0.2, 0) is 0 Å². The monoisotopic (exact) mass is 382 g/mol. The van der Waals surface area contributed by atoms with Gasteiger partial charge in [0.2, 0.25) is 6.23 Å². The fourth-order valence-electron chi connectivity index (χ4n) is 4.22. The first-order chi connectivity index (χ1) is 14.1. The summed E-state index contributed by atoms with van der Waals surface area (Å²) in [6.45, 7) is 6.55. The van der Waals surface area contributed by atoms with Crippen molar-refractivity contribution in [3.05, 3.63) is 101 Å². The van der Waals surface area contributed by atoms with Gasteiger partial charge in [0.1, 0.15) is 5.75 Å². The van der Waals surface area contributed by atoms with Gasteiger partial charge in [0, 0.05) is 17.5 Å². The summed E-state index contributed by atoms with van der Waals surface area (Å²) in [7, 11) is 0. The summed E-state index contributed by atoms with van der Waals surface area (Å²) in [5, 5.41) is 7.20. The molecule has 2 heterocycles. The molecular weight excluding hydrogens is 356 g/mol. The molecule has 0 aromatic heterocycles. The molecule has 0 unspecified atom stereocenters. The predicted octanol–water partition coefficient (Wildman–Crippen LogP) is 6.36. The number of hydrogen-bond donors (Lipinski definition) is 0. The number of benzene rings is 3. The van der Waals surface area contributed by atoms with Crippen LogP contribution in [0.3, 0.4) is 0 Å². The highest BCUT2D eigenvalue weighted by Gasteiger charge is 2.40. The maximum atomic E-state index is 6.45. The Labute approximate surface area is 172 Å². The Bertz CT molecular complexity index is 1050. The van der Waals surface area contributed by atoms with Crippen LogP contribution in [0.15, 0.2) is 77.9 Å². The normalized spacial score (nSPS) is 20.1. The van der Waals surface area contributed by atoms with E-state index in [0.29, 0.717) is 5.92 Å². The number of nitrogens with zero attached hydrogens (tertiary/aromatic N) is 2. The number of fused-ring (bicyclic) bond motifs is 3. The molecule has 0 saturated heterocycles. The fraction of sp³-hybridized carbons (Fsp3) is 0.269. The van der Waals surface area contributed by atoms with Crippen LogP contribution in [-0.4, -0.2) is 10.7 Å². The second-order valence-corrected chi connectivity index (χ2v) is 8.34. The van der Waals surface area contributed by atoms with E-state index in [9.17, 15) is 0 Å². The smallest absolute Gasteiger partial charge is 0.213 e. The molecule has 2 aliphatic rings. The highest BCUT2D eigenvalue weighted by Crippen LogP contribution is 2.47. The van der Waals surface area contributed by atoms with Gasteiger partial charge < -0.3 is 4.74 Å². The Kier molecular flexibility index (Phi) is 4.39. The van der Waals surface area contributed by atoms with Gasteiger partial charge in [0.15, 0.2) is 0 Å². The molecule has 0 aliphatic carbocycles. The zero-order valence-electron chi connectivity index (χ0n) is 17.2. The summed E-state index contributed by atoms with van der Waals surface area (Å²) in [5.74, 6) is 1.48. The molecule has 3 aromatic carbocycles. The number of hydrazone groups is 1. The van der Waals surface area contributed by atoms with Gasteiger partial charge in [-0.05, 0) is 30.0 Å². The molecule has 3 nitrogen and oxygen atoms in total. The van der Waals surface area contributed by atoms with E-state index in [0.717, 1.165) is 23.4 Å². The molecule has 0 bridgehead atoms. The van der Waals surface area contributed by atoms with E-state index in [1.54, 1.807) is 0 Å². The summed E-state index contributed by atoms with van der Waals surface area (Å²) in [6.07, 6.45) is 0.684. The molecule has 0 spiro atoms. The second-order valence-electron chi connectivity index (χ2n) is 8.34. The average molecular weight is 383 g/mol. The number of rotatable bonds is 3. The molecule has 3 aromatic rings. The Hall–Kier alpha value is -3.07. The van der Waals surface area contributed by atoms with Crippen molar-refractivity contribution in [2.45, 2.75) is 45.4 Å². The summed E-state index contributed by atoms with van der Waals surface area (Å²) < 4.78 is 6.45. The minimum atomic E-state index is -0.209. The van der Waals surface area contributed by atoms with Crippen molar-refractivity contribution >= 4 is 5.71 Å². The van der Waals surface area contributed by atoms with Crippen molar-refractivity contribution in [1.29, 1.82) is 0 Å². The molecule has 146 valence electrons. The van der Waals surface area contributed by atoms with Crippen LogP contribution in [0.4, 0.5) is 0 Å². The maximum Gasteiger partial charge on any atom is 0.213 e. The molecule has 3 heteroatoms. The Morgan fingerprint density at radius 3 is 2.38 bits per heavy atom. The lowest BCUT2D eigenvalue weighted by Crippen LogP contribution is -2.33. The van der Waals surface area contributed by atoms with E-state index in [-0.39, 0.29) is 12.3 Å². The van der Waals surface area contributed by atoms with E-state index >= 15 is 0 Å². The molecule has 2 aliphatic heterocycles. The van der Waals surface area contributed by atoms with Crippen LogP contribution in [0.5, 0.6) is 5.75 Å². The van der Waals surface area contributed by atoms with Crippen LogP contribution < -0.4 is 4.74 Å². The van der Waals surface area contributed by atoms with E-state index in [1.807, 2.05) is 6.07 Å². The number of aryl methyl sites for hydroxylation is 1. The second kappa shape index (κ2) is 7.07. The maximum absolute atomic E-state index is 6.45. The fourth-order valence-corrected chi connectivity index (χ4v) is 4.22. The molecule has 29 heavy (non-hydrogen) atoms. The van der Waals surface area contributed by atoms with Crippen LogP contribution in [0.1, 0.15) is 66.3 Å². The third-order valence-corrected chi connectivity index (χ3v) is 5.97. The largest absolute Gasteiger partial charge is 0.464 e. The SMILES string of the molecule is Cc1ccc(C2=NN3[C@@H](C2)c2ccccc2O[C@H]3c2ccc(C(C)C)cc2)cc1. The minimum Gasteiger partial charge on any atom is -0.464 e. The van der Waals surface area contributed by atoms with Gasteiger partial charge in [-0.25, -0.2) is 5.01 Å². The standard InChI is InChI=1S/C26H26N2O/c1-17(2)19-12-14-21(15-13-19)26-28-24(22-6-4-5-7-25(22)29-26)16-23(27-28)20-10-8-18(3)9-11-20/h4-15,17,24,26H,16H2,1-3H3/t24-,26-/m0/s1. The van der Waals surface area contributed by atoms with Crippen LogP contribution in [0.2, 0.25) is 0 Å². The van der Waals surface area contributed by atoms with Crippen molar-refractivity contribution in [3.63, 3.8) is 0 Å². The molecule has 0 radical (unpaired) electrons. The summed E-state index contributed by atoms with van der Waals surface area (Å²) in [5.41, 5.74) is 7.28. The summed E-state index contributed by atoms with van der Waals surface area (Å²) in [4.78, 5) is 0. The third kappa shape index (κ3) is 3.21. The first kappa shape index (κ1) is 18.0. The van der Waals surface area contributed by atoms with Crippen LogP contribution >= 0.6 is 0 Å². The van der Waals surface area contributed by atoms with Crippen LogP contribution in [0, 0.1) is 6.92 Å². The van der Waals surface area contributed by atoms with E-state index in [2.05, 4.69) is 92.5 Å². The van der Waals surface area contributed by atoms with Crippen molar-refractivity contribution < 1.29 is 4.74 Å². The highest BCUT2D eigenvalue weighted by molar-refractivity contribution is 6.02. The number of ether oxygens (including phenoxy) is 1. The molecule has 0 amide bonds. The van der Waals surface area contributed by atoms with Gasteiger partial charge in [0.25, 0.3) is 0 Å². The van der Waals surface area contributed by atoms with Gasteiger partial charge in [-0.3, -0.25) is 0 Å². The quantitative estimate of drug-likeness (QED) is 0.526. The molecule has 5 rings (SSSR count). The summed E-state index contributed by atoms with van der Waals surface area (Å²) in [6, 6.07) is 26.0. The molecule has 2 atom stereocenters. The summed E-state index contributed by atoms with van der Waals surface area (Å²) >= 11 is 0. The van der Waals surface area contributed by atoms with E-state index in [1.165, 1.54) is 22.3 Å². The van der Waals surface area contributed by atoms with E-state index in [4.69, 9.17) is 9.84 Å². The first-order valence-corrected chi connectivity index (χ1v) is 10.4. The predicted molar refractivity (Wildman–Crippen MR) is 117 cm³/mol. The lowest BCUT2D eigenvalue weighted by Gasteiger charge is -2.38. The molecule has 0 saturated carbocycles. The van der Waals surface area contributed by atoms with Gasteiger partial charge in [-0.15, -0.1) is 0 Å². The Morgan fingerprint density at radius 1 is 0.931 bits per heavy atom. The van der Waals surface area contributed by atoms with Gasteiger partial charge >= 0.3 is 0 Å².